The number of fused-ring (bicyclic) bond motifs is 1. The van der Waals surface area contributed by atoms with Crippen molar-refractivity contribution in [2.75, 3.05) is 6.61 Å². The van der Waals surface area contributed by atoms with Crippen molar-refractivity contribution in [1.82, 2.24) is 0 Å². The summed E-state index contributed by atoms with van der Waals surface area (Å²) in [4.78, 5) is 25.2. The lowest BCUT2D eigenvalue weighted by Crippen LogP contribution is -2.25. The molecule has 0 bridgehead atoms. The minimum atomic E-state index is -4.00. The molecule has 0 aromatic heterocycles. The number of ketones is 1. The van der Waals surface area contributed by atoms with E-state index >= 15 is 0 Å². The Hall–Kier alpha value is -3.51. The van der Waals surface area contributed by atoms with E-state index in [-0.39, 0.29) is 27.4 Å². The molecule has 150 valence electrons. The molecule has 0 saturated heterocycles. The Kier molecular flexibility index (Phi) is 5.33. The van der Waals surface area contributed by atoms with Gasteiger partial charge in [0.15, 0.2) is 5.78 Å². The second-order valence-corrected chi connectivity index (χ2v) is 8.76. The predicted molar refractivity (Wildman–Crippen MR) is 112 cm³/mol. The molecule has 0 aliphatic carbocycles. The van der Waals surface area contributed by atoms with Crippen LogP contribution in [0.4, 0.5) is 0 Å². The number of allylic oxidation sites excluding steroid dienone is 1. The molecule has 3 aromatic carbocycles. The maximum Gasteiger partial charge on any atom is 0.310 e. The van der Waals surface area contributed by atoms with Crippen molar-refractivity contribution in [3.63, 3.8) is 0 Å². The molecular formula is C24H18O5S. The smallest absolute Gasteiger partial charge is 0.310 e. The largest absolute Gasteiger partial charge is 0.460 e. The van der Waals surface area contributed by atoms with Crippen LogP contribution in [0.2, 0.25) is 0 Å². The van der Waals surface area contributed by atoms with Crippen molar-refractivity contribution < 1.29 is 22.7 Å². The Morgan fingerprint density at radius 1 is 0.800 bits per heavy atom. The number of hydrogen-bond acceptors (Lipinski definition) is 5. The Morgan fingerprint density at radius 2 is 1.40 bits per heavy atom. The molecule has 1 heterocycles. The van der Waals surface area contributed by atoms with Crippen LogP contribution in [-0.4, -0.2) is 26.8 Å². The first-order valence-corrected chi connectivity index (χ1v) is 10.8. The zero-order valence-electron chi connectivity index (χ0n) is 15.9. The second-order valence-electron chi connectivity index (χ2n) is 6.82. The fourth-order valence-electron chi connectivity index (χ4n) is 3.42. The maximum absolute atomic E-state index is 13.3. The van der Waals surface area contributed by atoms with Gasteiger partial charge in [0, 0.05) is 11.1 Å². The zero-order chi connectivity index (χ0) is 21.1. The monoisotopic (exact) mass is 418 g/mol. The van der Waals surface area contributed by atoms with Gasteiger partial charge in [-0.05, 0) is 23.3 Å². The third kappa shape index (κ3) is 3.69. The van der Waals surface area contributed by atoms with Gasteiger partial charge in [-0.1, -0.05) is 72.8 Å². The first-order chi connectivity index (χ1) is 14.5. The summed E-state index contributed by atoms with van der Waals surface area (Å²) < 4.78 is 31.9. The fraction of sp³-hybridized carbons (Fsp3) is 0.0833. The molecule has 1 aliphatic heterocycles. The van der Waals surface area contributed by atoms with E-state index in [0.29, 0.717) is 5.56 Å². The van der Waals surface area contributed by atoms with Gasteiger partial charge in [0.05, 0.1) is 16.2 Å². The van der Waals surface area contributed by atoms with Gasteiger partial charge in [0.1, 0.15) is 6.61 Å². The number of ether oxygens (including phenoxy) is 1. The number of sulfone groups is 1. The first kappa shape index (κ1) is 19.8. The third-order valence-electron chi connectivity index (χ3n) is 4.87. The summed E-state index contributed by atoms with van der Waals surface area (Å²) in [5, 5.41) is 0. The van der Waals surface area contributed by atoms with E-state index in [2.05, 4.69) is 0 Å². The quantitative estimate of drug-likeness (QED) is 0.588. The number of benzene rings is 3. The molecule has 0 amide bonds. The number of hydrogen-bond donors (Lipinski definition) is 0. The van der Waals surface area contributed by atoms with Crippen LogP contribution in [0.5, 0.6) is 0 Å². The molecule has 0 spiro atoms. The predicted octanol–water partition coefficient (Wildman–Crippen LogP) is 3.85. The summed E-state index contributed by atoms with van der Waals surface area (Å²) in [5.41, 5.74) is 1.39. The summed E-state index contributed by atoms with van der Waals surface area (Å²) in [6, 6.07) is 23.7. The Labute approximate surface area is 174 Å². The highest BCUT2D eigenvalue weighted by Gasteiger charge is 2.38. The van der Waals surface area contributed by atoms with Crippen LogP contribution in [-0.2, 0) is 25.8 Å². The molecule has 0 atom stereocenters. The van der Waals surface area contributed by atoms with Crippen LogP contribution in [0.25, 0.3) is 5.57 Å². The van der Waals surface area contributed by atoms with Gasteiger partial charge >= 0.3 is 5.97 Å². The van der Waals surface area contributed by atoms with E-state index in [4.69, 9.17) is 4.74 Å². The number of carbonyl (C=O) groups excluding carboxylic acids is 2. The molecule has 0 unspecified atom stereocenters. The highest BCUT2D eigenvalue weighted by Crippen LogP contribution is 2.37. The molecule has 0 radical (unpaired) electrons. The van der Waals surface area contributed by atoms with Crippen molar-refractivity contribution in [1.29, 1.82) is 0 Å². The van der Waals surface area contributed by atoms with Crippen LogP contribution in [0.1, 0.15) is 21.5 Å². The number of Topliss-reactive ketones (excluding diaryl/α,β-unsaturated/α-hetero) is 1. The van der Waals surface area contributed by atoms with Gasteiger partial charge < -0.3 is 4.74 Å². The van der Waals surface area contributed by atoms with Crippen molar-refractivity contribution in [2.24, 2.45) is 0 Å². The van der Waals surface area contributed by atoms with Crippen molar-refractivity contribution in [3.8, 4) is 0 Å². The Bertz CT molecular complexity index is 1240. The lowest BCUT2D eigenvalue weighted by atomic mass is 9.96. The summed E-state index contributed by atoms with van der Waals surface area (Å²) in [7, 11) is -4.00. The molecular weight excluding hydrogens is 400 g/mol. The van der Waals surface area contributed by atoms with Gasteiger partial charge in [-0.3, -0.25) is 9.59 Å². The molecule has 4 rings (SSSR count). The first-order valence-electron chi connectivity index (χ1n) is 9.35. The highest BCUT2D eigenvalue weighted by molar-refractivity contribution is 7.95. The zero-order valence-corrected chi connectivity index (χ0v) is 16.8. The molecule has 0 N–H and O–H groups in total. The lowest BCUT2D eigenvalue weighted by Gasteiger charge is -2.22. The normalized spacial score (nSPS) is 14.9. The molecule has 30 heavy (non-hydrogen) atoms. The maximum atomic E-state index is 13.3. The number of rotatable bonds is 5. The van der Waals surface area contributed by atoms with E-state index in [0.717, 1.165) is 5.56 Å². The fourth-order valence-corrected chi connectivity index (χ4v) is 5.09. The molecule has 3 aromatic rings. The molecule has 5 nitrogen and oxygen atoms in total. The number of carbonyl (C=O) groups is 2. The molecule has 1 aliphatic rings. The average molecular weight is 418 g/mol. The SMILES string of the molecule is O=C(Cc1ccccc1)OCC1=C(c2ccccc2)C(=O)c2ccccc2S1(=O)=O. The lowest BCUT2D eigenvalue weighted by molar-refractivity contribution is -0.141. The van der Waals surface area contributed by atoms with Crippen molar-refractivity contribution in [2.45, 2.75) is 11.3 Å². The van der Waals surface area contributed by atoms with E-state index < -0.39 is 28.2 Å². The van der Waals surface area contributed by atoms with E-state index in [1.54, 1.807) is 66.7 Å². The van der Waals surface area contributed by atoms with Crippen LogP contribution < -0.4 is 0 Å². The summed E-state index contributed by atoms with van der Waals surface area (Å²) in [6.07, 6.45) is 0.0133. The van der Waals surface area contributed by atoms with Crippen LogP contribution in [0, 0.1) is 0 Å². The van der Waals surface area contributed by atoms with Gasteiger partial charge in [-0.2, -0.15) is 0 Å². The minimum Gasteiger partial charge on any atom is -0.460 e. The Balaban J connectivity index is 1.73. The van der Waals surface area contributed by atoms with Gasteiger partial charge in [0.25, 0.3) is 0 Å². The Morgan fingerprint density at radius 3 is 2.10 bits per heavy atom. The van der Waals surface area contributed by atoms with Gasteiger partial charge in [-0.25, -0.2) is 8.42 Å². The third-order valence-corrected chi connectivity index (χ3v) is 6.78. The average Bonchev–Trinajstić information content (AvgIpc) is 2.76. The molecule has 0 saturated carbocycles. The summed E-state index contributed by atoms with van der Waals surface area (Å²) in [6.45, 7) is -0.502. The van der Waals surface area contributed by atoms with Crippen molar-refractivity contribution >= 4 is 27.2 Å². The minimum absolute atomic E-state index is 0.0133. The summed E-state index contributed by atoms with van der Waals surface area (Å²) in [5.74, 6) is -0.969. The van der Waals surface area contributed by atoms with Crippen LogP contribution in [0.15, 0.2) is 94.7 Å². The molecule has 0 fully saturated rings. The standard InChI is InChI=1S/C24H18O5S/c25-22(15-17-9-3-1-4-10-17)29-16-21-23(18-11-5-2-6-12-18)24(26)19-13-7-8-14-20(19)30(21,27)28/h1-14H,15-16H2. The number of esters is 1. The van der Waals surface area contributed by atoms with Gasteiger partial charge in [-0.15, -0.1) is 0 Å². The van der Waals surface area contributed by atoms with E-state index in [9.17, 15) is 18.0 Å². The van der Waals surface area contributed by atoms with Crippen molar-refractivity contribution in [3.05, 3.63) is 107 Å². The summed E-state index contributed by atoms with van der Waals surface area (Å²) >= 11 is 0. The topological polar surface area (TPSA) is 77.5 Å². The van der Waals surface area contributed by atoms with Crippen LogP contribution >= 0.6 is 0 Å². The van der Waals surface area contributed by atoms with Crippen LogP contribution in [0.3, 0.4) is 0 Å². The van der Waals surface area contributed by atoms with Gasteiger partial charge in [0.2, 0.25) is 9.84 Å². The van der Waals surface area contributed by atoms with E-state index in [1.165, 1.54) is 12.1 Å². The second kappa shape index (κ2) is 8.08. The highest BCUT2D eigenvalue weighted by atomic mass is 32.2. The molecule has 6 heteroatoms. The van der Waals surface area contributed by atoms with E-state index in [1.807, 2.05) is 6.07 Å².